The van der Waals surface area contributed by atoms with Crippen LogP contribution in [0.4, 0.5) is 5.69 Å². The summed E-state index contributed by atoms with van der Waals surface area (Å²) >= 11 is 0. The van der Waals surface area contributed by atoms with Gasteiger partial charge in [0.05, 0.1) is 29.6 Å². The standard InChI is InChI=1S/C15H13N3O2/c1-10-15(20)14(12(9-19)7-17-10)8-18-13-4-2-3-11(5-13)6-16/h2-5,7-8,19-20H,9H2,1H3. The minimum absolute atomic E-state index is 0.00302. The highest BCUT2D eigenvalue weighted by atomic mass is 16.3. The predicted octanol–water partition coefficient (Wildman–Crippen LogP) is 2.21. The summed E-state index contributed by atoms with van der Waals surface area (Å²) in [5, 5.41) is 28.1. The molecule has 20 heavy (non-hydrogen) atoms. The predicted molar refractivity (Wildman–Crippen MR) is 75.0 cm³/mol. The number of hydrogen-bond donors (Lipinski definition) is 2. The van der Waals surface area contributed by atoms with Crippen LogP contribution >= 0.6 is 0 Å². The molecule has 2 aromatic rings. The van der Waals surface area contributed by atoms with Crippen molar-refractivity contribution in [3.63, 3.8) is 0 Å². The molecule has 5 nitrogen and oxygen atoms in total. The number of nitrogens with zero attached hydrogens (tertiary/aromatic N) is 3. The van der Waals surface area contributed by atoms with Gasteiger partial charge < -0.3 is 10.2 Å². The molecule has 0 saturated carbocycles. The Labute approximate surface area is 116 Å². The Balaban J connectivity index is 2.41. The number of hydrogen-bond acceptors (Lipinski definition) is 5. The van der Waals surface area contributed by atoms with Gasteiger partial charge in [-0.25, -0.2) is 0 Å². The van der Waals surface area contributed by atoms with E-state index in [1.165, 1.54) is 12.4 Å². The normalized spacial score (nSPS) is 10.7. The maximum absolute atomic E-state index is 9.97. The average molecular weight is 267 g/mol. The van der Waals surface area contributed by atoms with Gasteiger partial charge in [0.15, 0.2) is 0 Å². The van der Waals surface area contributed by atoms with Gasteiger partial charge in [-0.15, -0.1) is 0 Å². The van der Waals surface area contributed by atoms with E-state index in [-0.39, 0.29) is 12.4 Å². The van der Waals surface area contributed by atoms with Crippen LogP contribution in [0.5, 0.6) is 5.75 Å². The summed E-state index contributed by atoms with van der Waals surface area (Å²) in [7, 11) is 0. The van der Waals surface area contributed by atoms with E-state index < -0.39 is 0 Å². The maximum Gasteiger partial charge on any atom is 0.145 e. The van der Waals surface area contributed by atoms with E-state index in [1.807, 2.05) is 6.07 Å². The van der Waals surface area contributed by atoms with E-state index in [2.05, 4.69) is 9.98 Å². The Kier molecular flexibility index (Phi) is 4.08. The molecule has 1 heterocycles. The zero-order chi connectivity index (χ0) is 14.5. The van der Waals surface area contributed by atoms with Gasteiger partial charge in [-0.1, -0.05) is 6.07 Å². The number of pyridine rings is 1. The van der Waals surface area contributed by atoms with Gasteiger partial charge in [0.2, 0.25) is 0 Å². The number of nitriles is 1. The van der Waals surface area contributed by atoms with Gasteiger partial charge in [0, 0.05) is 23.5 Å². The van der Waals surface area contributed by atoms with E-state index in [9.17, 15) is 10.2 Å². The van der Waals surface area contributed by atoms with Crippen LogP contribution in [0.3, 0.4) is 0 Å². The third-order valence-corrected chi connectivity index (χ3v) is 2.85. The molecule has 1 aromatic carbocycles. The van der Waals surface area contributed by atoms with Crippen molar-refractivity contribution in [2.75, 3.05) is 0 Å². The zero-order valence-electron chi connectivity index (χ0n) is 10.9. The van der Waals surface area contributed by atoms with Crippen LogP contribution in [0.2, 0.25) is 0 Å². The molecule has 2 rings (SSSR count). The van der Waals surface area contributed by atoms with Crippen molar-refractivity contribution >= 4 is 11.9 Å². The smallest absolute Gasteiger partial charge is 0.145 e. The first kappa shape index (κ1) is 13.7. The van der Waals surface area contributed by atoms with Crippen LogP contribution in [-0.4, -0.2) is 21.4 Å². The van der Waals surface area contributed by atoms with Gasteiger partial charge in [-0.05, 0) is 25.1 Å². The van der Waals surface area contributed by atoms with Crippen LogP contribution in [0.1, 0.15) is 22.4 Å². The Morgan fingerprint density at radius 1 is 1.45 bits per heavy atom. The van der Waals surface area contributed by atoms with Gasteiger partial charge >= 0.3 is 0 Å². The summed E-state index contributed by atoms with van der Waals surface area (Å²) in [5.41, 5.74) is 2.50. The Hall–Kier alpha value is -2.71. The summed E-state index contributed by atoms with van der Waals surface area (Å²) in [6, 6.07) is 8.84. The van der Waals surface area contributed by atoms with Crippen LogP contribution < -0.4 is 0 Å². The molecule has 0 aliphatic carbocycles. The van der Waals surface area contributed by atoms with Crippen LogP contribution in [0.15, 0.2) is 35.5 Å². The first-order chi connectivity index (χ1) is 9.65. The van der Waals surface area contributed by atoms with Crippen LogP contribution in [0, 0.1) is 18.3 Å². The number of aromatic nitrogens is 1. The van der Waals surface area contributed by atoms with Crippen molar-refractivity contribution in [3.05, 3.63) is 52.8 Å². The quantitative estimate of drug-likeness (QED) is 0.834. The monoisotopic (exact) mass is 267 g/mol. The van der Waals surface area contributed by atoms with Crippen molar-refractivity contribution in [1.29, 1.82) is 5.26 Å². The van der Waals surface area contributed by atoms with Crippen molar-refractivity contribution < 1.29 is 10.2 Å². The second-order valence-corrected chi connectivity index (χ2v) is 4.21. The molecule has 5 heteroatoms. The number of aromatic hydroxyl groups is 1. The molecule has 0 atom stereocenters. The summed E-state index contributed by atoms with van der Waals surface area (Å²) in [6.45, 7) is 1.44. The second-order valence-electron chi connectivity index (χ2n) is 4.21. The minimum Gasteiger partial charge on any atom is -0.505 e. The number of aryl methyl sites for hydroxylation is 1. The van der Waals surface area contributed by atoms with Crippen molar-refractivity contribution in [3.8, 4) is 11.8 Å². The lowest BCUT2D eigenvalue weighted by molar-refractivity contribution is 0.280. The maximum atomic E-state index is 9.97. The second kappa shape index (κ2) is 5.95. The highest BCUT2D eigenvalue weighted by molar-refractivity contribution is 5.87. The summed E-state index contributed by atoms with van der Waals surface area (Å²) < 4.78 is 0. The SMILES string of the molecule is Cc1ncc(CO)c(C=Nc2cccc(C#N)c2)c1O. The molecule has 0 fully saturated rings. The Bertz CT molecular complexity index is 703. The van der Waals surface area contributed by atoms with E-state index in [4.69, 9.17) is 5.26 Å². The first-order valence-electron chi connectivity index (χ1n) is 5.98. The van der Waals surface area contributed by atoms with Gasteiger partial charge in [-0.2, -0.15) is 5.26 Å². The fourth-order valence-electron chi connectivity index (χ4n) is 1.72. The molecule has 0 spiro atoms. The lowest BCUT2D eigenvalue weighted by Crippen LogP contribution is -1.97. The molecule has 0 saturated heterocycles. The number of aliphatic imine (C=N–C) groups is 1. The van der Waals surface area contributed by atoms with Crippen LogP contribution in [0.25, 0.3) is 0 Å². The average Bonchev–Trinajstić information content (AvgIpc) is 2.49. The summed E-state index contributed by atoms with van der Waals surface area (Å²) in [6.07, 6.45) is 2.97. The molecule has 0 amide bonds. The molecular weight excluding hydrogens is 254 g/mol. The largest absolute Gasteiger partial charge is 0.505 e. The fourth-order valence-corrected chi connectivity index (χ4v) is 1.72. The van der Waals surface area contributed by atoms with E-state index in [1.54, 1.807) is 31.2 Å². The molecule has 100 valence electrons. The topological polar surface area (TPSA) is 89.5 Å². The van der Waals surface area contributed by atoms with E-state index >= 15 is 0 Å². The molecule has 0 aliphatic heterocycles. The Morgan fingerprint density at radius 3 is 2.95 bits per heavy atom. The van der Waals surface area contributed by atoms with Gasteiger partial charge in [0.1, 0.15) is 5.75 Å². The third kappa shape index (κ3) is 2.82. The first-order valence-corrected chi connectivity index (χ1v) is 5.98. The van der Waals surface area contributed by atoms with E-state index in [0.29, 0.717) is 28.1 Å². The molecule has 0 aliphatic rings. The number of aliphatic hydroxyl groups excluding tert-OH is 1. The Morgan fingerprint density at radius 2 is 2.25 bits per heavy atom. The third-order valence-electron chi connectivity index (χ3n) is 2.85. The molecule has 1 aromatic heterocycles. The van der Waals surface area contributed by atoms with E-state index in [0.717, 1.165) is 0 Å². The summed E-state index contributed by atoms with van der Waals surface area (Å²) in [4.78, 5) is 8.20. The number of aliphatic hydroxyl groups is 1. The fraction of sp³-hybridized carbons (Fsp3) is 0.133. The van der Waals surface area contributed by atoms with Crippen molar-refractivity contribution in [2.45, 2.75) is 13.5 Å². The molecule has 0 unspecified atom stereocenters. The highest BCUT2D eigenvalue weighted by Crippen LogP contribution is 2.23. The van der Waals surface area contributed by atoms with Gasteiger partial charge in [0.25, 0.3) is 0 Å². The molecule has 0 radical (unpaired) electrons. The molecule has 0 bridgehead atoms. The summed E-state index contributed by atoms with van der Waals surface area (Å²) in [5.74, 6) is -0.00302. The molecule has 2 N–H and O–H groups in total. The zero-order valence-corrected chi connectivity index (χ0v) is 10.9. The lowest BCUT2D eigenvalue weighted by atomic mass is 10.1. The number of benzene rings is 1. The minimum atomic E-state index is -0.236. The van der Waals surface area contributed by atoms with Crippen molar-refractivity contribution in [1.82, 2.24) is 4.98 Å². The van der Waals surface area contributed by atoms with Gasteiger partial charge in [-0.3, -0.25) is 9.98 Å². The highest BCUT2D eigenvalue weighted by Gasteiger charge is 2.09. The molecular formula is C15H13N3O2. The lowest BCUT2D eigenvalue weighted by Gasteiger charge is -2.06. The van der Waals surface area contributed by atoms with Crippen LogP contribution in [-0.2, 0) is 6.61 Å². The number of rotatable bonds is 3. The van der Waals surface area contributed by atoms with Crippen molar-refractivity contribution in [2.24, 2.45) is 4.99 Å².